The molecular weight excluding hydrogens is 538 g/mol. The van der Waals surface area contributed by atoms with E-state index < -0.39 is 12.2 Å². The van der Waals surface area contributed by atoms with Crippen LogP contribution in [-0.2, 0) is 10.5 Å². The lowest BCUT2D eigenvalue weighted by Gasteiger charge is -2.16. The summed E-state index contributed by atoms with van der Waals surface area (Å²) in [6, 6.07) is 18.4. The zero-order valence-electron chi connectivity index (χ0n) is 20.7. The number of oxazole rings is 1. The number of benzene rings is 2. The molecule has 9 nitrogen and oxygen atoms in total. The van der Waals surface area contributed by atoms with Crippen LogP contribution >= 0.6 is 23.4 Å². The molecule has 1 aliphatic rings. The first-order valence-corrected chi connectivity index (χ1v) is 13.3. The van der Waals surface area contributed by atoms with E-state index in [0.717, 1.165) is 5.56 Å². The second-order valence-corrected chi connectivity index (χ2v) is 10.2. The number of halogens is 1. The highest BCUT2D eigenvalue weighted by molar-refractivity contribution is 7.98. The van der Waals surface area contributed by atoms with Gasteiger partial charge in [0.1, 0.15) is 52.3 Å². The fourth-order valence-electron chi connectivity index (χ4n) is 4.12. The monoisotopic (exact) mass is 559 g/mol. The highest BCUT2D eigenvalue weighted by atomic mass is 35.5. The third-order valence-corrected chi connectivity index (χ3v) is 7.41. The quantitative estimate of drug-likeness (QED) is 0.292. The van der Waals surface area contributed by atoms with Gasteiger partial charge in [-0.05, 0) is 48.9 Å². The molecular formula is C28H22ClN5O4S. The Morgan fingerprint density at radius 2 is 1.74 bits per heavy atom. The molecule has 0 saturated carbocycles. The summed E-state index contributed by atoms with van der Waals surface area (Å²) in [6.45, 7) is 2.35. The van der Waals surface area contributed by atoms with Crippen LogP contribution in [0.1, 0.15) is 22.6 Å². The van der Waals surface area contributed by atoms with Gasteiger partial charge in [-0.15, -0.1) is 0 Å². The number of nitrogen functional groups attached to an aromatic ring is 1. The van der Waals surface area contributed by atoms with Crippen molar-refractivity contribution in [1.82, 2.24) is 9.97 Å². The summed E-state index contributed by atoms with van der Waals surface area (Å²) in [5.74, 6) is 2.03. The first-order valence-electron chi connectivity index (χ1n) is 11.9. The Balaban J connectivity index is 1.43. The first kappa shape index (κ1) is 26.5. The average Bonchev–Trinajstić information content (AvgIpc) is 3.52. The topological polar surface area (TPSA) is 151 Å². The number of rotatable bonds is 7. The van der Waals surface area contributed by atoms with Crippen LogP contribution in [0.2, 0.25) is 5.02 Å². The number of nitrogens with two attached hydrogens (primary N) is 1. The number of hydrogen-bond donors (Lipinski definition) is 2. The van der Waals surface area contributed by atoms with E-state index in [1.807, 2.05) is 19.1 Å². The minimum Gasteiger partial charge on any atom is -0.485 e. The minimum atomic E-state index is -0.699. The van der Waals surface area contributed by atoms with E-state index in [9.17, 15) is 15.6 Å². The van der Waals surface area contributed by atoms with Gasteiger partial charge in [-0.3, -0.25) is 0 Å². The maximum absolute atomic E-state index is 10.1. The summed E-state index contributed by atoms with van der Waals surface area (Å²) < 4.78 is 16.9. The Morgan fingerprint density at radius 1 is 1.05 bits per heavy atom. The fourth-order valence-corrected chi connectivity index (χ4v) is 5.24. The number of aliphatic hydroxyl groups is 1. The molecule has 11 heteroatoms. The molecule has 1 aliphatic heterocycles. The molecule has 196 valence electrons. The molecule has 2 atom stereocenters. The van der Waals surface area contributed by atoms with Crippen LogP contribution in [0.3, 0.4) is 0 Å². The van der Waals surface area contributed by atoms with Crippen LogP contribution in [0.15, 0.2) is 58.0 Å². The molecule has 0 radical (unpaired) electrons. The number of nitrogens with zero attached hydrogens (tertiary/aromatic N) is 4. The van der Waals surface area contributed by atoms with Gasteiger partial charge in [-0.2, -0.15) is 10.5 Å². The van der Waals surface area contributed by atoms with Crippen LogP contribution < -0.4 is 10.5 Å². The second kappa shape index (κ2) is 11.4. The van der Waals surface area contributed by atoms with Crippen LogP contribution in [0.25, 0.3) is 22.6 Å². The van der Waals surface area contributed by atoms with Gasteiger partial charge in [0.05, 0.1) is 24.5 Å². The van der Waals surface area contributed by atoms with Crippen molar-refractivity contribution < 1.29 is 19.0 Å². The molecule has 0 bridgehead atoms. The third-order valence-electron chi connectivity index (χ3n) is 6.18. The summed E-state index contributed by atoms with van der Waals surface area (Å²) in [4.78, 5) is 8.98. The van der Waals surface area contributed by atoms with Gasteiger partial charge >= 0.3 is 0 Å². The van der Waals surface area contributed by atoms with Crippen molar-refractivity contribution in [2.45, 2.75) is 29.9 Å². The lowest BCUT2D eigenvalue weighted by Crippen LogP contribution is -2.29. The van der Waals surface area contributed by atoms with Crippen LogP contribution in [-0.4, -0.2) is 40.5 Å². The maximum Gasteiger partial charge on any atom is 0.226 e. The van der Waals surface area contributed by atoms with E-state index in [0.29, 0.717) is 56.6 Å². The van der Waals surface area contributed by atoms with Gasteiger partial charge in [0.2, 0.25) is 5.89 Å². The van der Waals surface area contributed by atoms with Crippen molar-refractivity contribution in [2.75, 3.05) is 18.9 Å². The Bertz CT molecular complexity index is 1590. The summed E-state index contributed by atoms with van der Waals surface area (Å²) in [5.41, 5.74) is 9.01. The zero-order chi connectivity index (χ0) is 27.5. The highest BCUT2D eigenvalue weighted by Crippen LogP contribution is 2.38. The van der Waals surface area contributed by atoms with Crippen molar-refractivity contribution in [3.8, 4) is 40.5 Å². The molecule has 2 unspecified atom stereocenters. The predicted molar refractivity (Wildman–Crippen MR) is 146 cm³/mol. The molecule has 0 aliphatic carbocycles. The maximum atomic E-state index is 10.1. The van der Waals surface area contributed by atoms with E-state index in [1.54, 1.807) is 36.4 Å². The number of aliphatic hydroxyl groups excluding tert-OH is 1. The smallest absolute Gasteiger partial charge is 0.226 e. The average molecular weight is 560 g/mol. The number of pyridine rings is 1. The predicted octanol–water partition coefficient (Wildman–Crippen LogP) is 5.12. The minimum absolute atomic E-state index is 0.0271. The number of aromatic nitrogens is 2. The lowest BCUT2D eigenvalue weighted by atomic mass is 9.97. The summed E-state index contributed by atoms with van der Waals surface area (Å²) in [6.07, 6.45) is -1.16. The van der Waals surface area contributed by atoms with Gasteiger partial charge in [0.15, 0.2) is 0 Å². The molecule has 0 spiro atoms. The highest BCUT2D eigenvalue weighted by Gasteiger charge is 2.28. The van der Waals surface area contributed by atoms with E-state index in [2.05, 4.69) is 22.1 Å². The summed E-state index contributed by atoms with van der Waals surface area (Å²) >= 11 is 7.27. The van der Waals surface area contributed by atoms with Crippen molar-refractivity contribution in [1.29, 1.82) is 10.5 Å². The second-order valence-electron chi connectivity index (χ2n) is 8.75. The number of thioether (sulfide) groups is 1. The number of hydrogen-bond acceptors (Lipinski definition) is 10. The Morgan fingerprint density at radius 3 is 2.38 bits per heavy atom. The molecule has 0 amide bonds. The number of aryl methyl sites for hydroxylation is 1. The third kappa shape index (κ3) is 5.56. The van der Waals surface area contributed by atoms with Crippen molar-refractivity contribution >= 4 is 29.2 Å². The van der Waals surface area contributed by atoms with E-state index in [-0.39, 0.29) is 23.6 Å². The Labute approximate surface area is 233 Å². The van der Waals surface area contributed by atoms with Crippen LogP contribution in [0.4, 0.5) is 5.82 Å². The normalized spacial score (nSPS) is 16.5. The van der Waals surface area contributed by atoms with Gasteiger partial charge in [-0.25, -0.2) is 9.97 Å². The van der Waals surface area contributed by atoms with Crippen LogP contribution in [0.5, 0.6) is 5.75 Å². The van der Waals surface area contributed by atoms with Gasteiger partial charge < -0.3 is 24.7 Å². The zero-order valence-corrected chi connectivity index (χ0v) is 22.3. The molecule has 3 N–H and O–H groups in total. The van der Waals surface area contributed by atoms with E-state index >= 15 is 0 Å². The van der Waals surface area contributed by atoms with Gasteiger partial charge in [-0.1, -0.05) is 35.5 Å². The fraction of sp³-hybridized carbons (Fsp3) is 0.214. The molecule has 3 heterocycles. The largest absolute Gasteiger partial charge is 0.485 e. The molecule has 1 fully saturated rings. The molecule has 2 aromatic carbocycles. The van der Waals surface area contributed by atoms with Crippen molar-refractivity contribution in [3.05, 3.63) is 76.1 Å². The Hall–Kier alpha value is -4.06. The Kier molecular flexibility index (Phi) is 7.73. The lowest BCUT2D eigenvalue weighted by molar-refractivity contribution is 0.0733. The van der Waals surface area contributed by atoms with Crippen LogP contribution in [0, 0.1) is 29.6 Å². The van der Waals surface area contributed by atoms with Crippen molar-refractivity contribution in [3.63, 3.8) is 0 Å². The van der Waals surface area contributed by atoms with Gasteiger partial charge in [0.25, 0.3) is 0 Å². The van der Waals surface area contributed by atoms with Gasteiger partial charge in [0, 0.05) is 21.9 Å². The number of ether oxygens (including phenoxy) is 2. The van der Waals surface area contributed by atoms with Crippen molar-refractivity contribution in [2.24, 2.45) is 0 Å². The number of nitriles is 2. The molecule has 5 rings (SSSR count). The SMILES string of the molecule is Cc1oc(-c2ccc(Cl)cc2)nc1CSc1nc(N)c(C#N)c(-c2ccc(OC3COCC3O)cc2)c1C#N. The standard InChI is InChI=1S/C28H22ClN5O4S/c1-15-22(33-27(37-15)17-2-6-18(29)7-3-17)14-39-28-21(11-31)25(20(10-30)26(32)34-28)16-4-8-19(9-5-16)38-24-13-36-12-23(24)35/h2-9,23-24,35H,12-14H2,1H3,(H2,32,34). The molecule has 39 heavy (non-hydrogen) atoms. The summed E-state index contributed by atoms with van der Waals surface area (Å²) in [7, 11) is 0. The molecule has 2 aromatic heterocycles. The van der Waals surface area contributed by atoms with E-state index in [1.165, 1.54) is 11.8 Å². The molecule has 1 saturated heterocycles. The molecule has 4 aromatic rings. The first-order chi connectivity index (χ1) is 18.9. The van der Waals surface area contributed by atoms with E-state index in [4.69, 9.17) is 31.2 Å². The number of anilines is 1. The summed E-state index contributed by atoms with van der Waals surface area (Å²) in [5, 5.41) is 30.9.